The molecule has 0 fully saturated rings. The third-order valence-electron chi connectivity index (χ3n) is 3.50. The first-order valence-electron chi connectivity index (χ1n) is 9.10. The standard InChI is InChI=1S/C19H27N3O9/c1-18(2,3)30-16(25)21(17(26)31-19(4,5)6)14-12(15(23)24)11(29-8)9-10(20-7)13(14)22(27)28/h9,20H,1-8H3,(H,23,24). The fourth-order valence-corrected chi connectivity index (χ4v) is 2.47. The van der Waals surface area contributed by atoms with Gasteiger partial charge in [-0.25, -0.2) is 14.4 Å². The lowest BCUT2D eigenvalue weighted by Crippen LogP contribution is -2.44. The number of carbonyl (C=O) groups excluding carboxylic acids is 2. The van der Waals surface area contributed by atoms with E-state index in [-0.39, 0.29) is 16.3 Å². The molecule has 31 heavy (non-hydrogen) atoms. The number of benzene rings is 1. The summed E-state index contributed by atoms with van der Waals surface area (Å²) < 4.78 is 15.5. The summed E-state index contributed by atoms with van der Waals surface area (Å²) in [5.74, 6) is -2.00. The molecule has 0 saturated carbocycles. The molecular weight excluding hydrogens is 414 g/mol. The van der Waals surface area contributed by atoms with Crippen LogP contribution in [-0.2, 0) is 9.47 Å². The van der Waals surface area contributed by atoms with Crippen LogP contribution < -0.4 is 15.0 Å². The summed E-state index contributed by atoms with van der Waals surface area (Å²) in [6, 6.07) is 1.08. The van der Waals surface area contributed by atoms with Gasteiger partial charge in [-0.2, -0.15) is 4.90 Å². The topological polar surface area (TPSA) is 158 Å². The number of amides is 2. The van der Waals surface area contributed by atoms with Gasteiger partial charge < -0.3 is 24.6 Å². The Kier molecular flexibility index (Phi) is 7.44. The Balaban J connectivity index is 4.07. The minimum Gasteiger partial charge on any atom is -0.496 e. The molecule has 2 N–H and O–H groups in total. The number of ether oxygens (including phenoxy) is 3. The molecule has 0 bridgehead atoms. The van der Waals surface area contributed by atoms with E-state index < -0.39 is 51.2 Å². The minimum atomic E-state index is -1.67. The van der Waals surface area contributed by atoms with Crippen molar-refractivity contribution in [1.29, 1.82) is 0 Å². The van der Waals surface area contributed by atoms with Crippen LogP contribution in [-0.4, -0.2) is 53.5 Å². The Morgan fingerprint density at radius 2 is 1.52 bits per heavy atom. The van der Waals surface area contributed by atoms with Crippen LogP contribution in [0.4, 0.5) is 26.7 Å². The molecule has 0 spiro atoms. The van der Waals surface area contributed by atoms with Crippen molar-refractivity contribution in [2.24, 2.45) is 0 Å². The van der Waals surface area contributed by atoms with Gasteiger partial charge in [0.15, 0.2) is 5.69 Å². The number of nitro groups is 1. The number of methoxy groups -OCH3 is 1. The molecule has 0 aliphatic carbocycles. The summed E-state index contributed by atoms with van der Waals surface area (Å²) >= 11 is 0. The largest absolute Gasteiger partial charge is 0.496 e. The number of nitrogens with one attached hydrogen (secondary N) is 1. The van der Waals surface area contributed by atoms with Gasteiger partial charge in [-0.3, -0.25) is 10.1 Å². The van der Waals surface area contributed by atoms with Crippen LogP contribution in [0.2, 0.25) is 0 Å². The fourth-order valence-electron chi connectivity index (χ4n) is 2.47. The van der Waals surface area contributed by atoms with Crippen LogP contribution in [0.15, 0.2) is 6.07 Å². The zero-order valence-corrected chi connectivity index (χ0v) is 18.7. The van der Waals surface area contributed by atoms with E-state index in [1.54, 1.807) is 0 Å². The monoisotopic (exact) mass is 441 g/mol. The van der Waals surface area contributed by atoms with E-state index >= 15 is 0 Å². The highest BCUT2D eigenvalue weighted by Gasteiger charge is 2.42. The quantitative estimate of drug-likeness (QED) is 0.505. The lowest BCUT2D eigenvalue weighted by atomic mass is 10.1. The van der Waals surface area contributed by atoms with Crippen LogP contribution in [0.25, 0.3) is 0 Å². The third-order valence-corrected chi connectivity index (χ3v) is 3.50. The van der Waals surface area contributed by atoms with Crippen LogP contribution in [0.1, 0.15) is 51.9 Å². The Labute approximate surface area is 179 Å². The average Bonchev–Trinajstić information content (AvgIpc) is 2.56. The number of nitrogens with zero attached hydrogens (tertiary/aromatic N) is 2. The molecule has 0 radical (unpaired) electrons. The summed E-state index contributed by atoms with van der Waals surface area (Å²) in [6.07, 6.45) is -2.72. The Morgan fingerprint density at radius 1 is 1.06 bits per heavy atom. The maximum atomic E-state index is 13.0. The Hall–Kier alpha value is -3.57. The van der Waals surface area contributed by atoms with Gasteiger partial charge in [-0.05, 0) is 41.5 Å². The van der Waals surface area contributed by atoms with E-state index in [1.165, 1.54) is 48.6 Å². The molecule has 0 atom stereocenters. The highest BCUT2D eigenvalue weighted by Crippen LogP contribution is 2.44. The van der Waals surface area contributed by atoms with Gasteiger partial charge in [0.25, 0.3) is 0 Å². The van der Waals surface area contributed by atoms with E-state index in [4.69, 9.17) is 14.2 Å². The molecular formula is C19H27N3O9. The van der Waals surface area contributed by atoms with Crippen LogP contribution >= 0.6 is 0 Å². The van der Waals surface area contributed by atoms with E-state index in [0.717, 1.165) is 13.2 Å². The van der Waals surface area contributed by atoms with Crippen molar-refractivity contribution in [3.63, 3.8) is 0 Å². The number of aromatic carboxylic acids is 1. The molecule has 1 rings (SSSR count). The van der Waals surface area contributed by atoms with Gasteiger partial charge in [0.1, 0.15) is 28.2 Å². The van der Waals surface area contributed by atoms with Crippen LogP contribution in [0.5, 0.6) is 5.75 Å². The zero-order chi connectivity index (χ0) is 24.3. The molecule has 0 aromatic heterocycles. The first-order valence-corrected chi connectivity index (χ1v) is 9.10. The number of imide groups is 1. The summed E-state index contributed by atoms with van der Waals surface area (Å²) in [5, 5.41) is 24.2. The van der Waals surface area contributed by atoms with Gasteiger partial charge in [0.05, 0.1) is 12.0 Å². The van der Waals surface area contributed by atoms with Crippen molar-refractivity contribution in [1.82, 2.24) is 0 Å². The summed E-state index contributed by atoms with van der Waals surface area (Å²) in [4.78, 5) is 49.1. The minimum absolute atomic E-state index is 0.195. The van der Waals surface area contributed by atoms with Crippen molar-refractivity contribution in [2.45, 2.75) is 52.7 Å². The van der Waals surface area contributed by atoms with E-state index in [2.05, 4.69) is 5.32 Å². The normalized spacial score (nSPS) is 11.4. The molecule has 0 aliphatic rings. The van der Waals surface area contributed by atoms with E-state index in [0.29, 0.717) is 0 Å². The second kappa shape index (κ2) is 9.06. The SMILES string of the molecule is CNc1cc(OC)c(C(=O)O)c(N(C(=O)OC(C)(C)C)C(=O)OC(C)(C)C)c1[N+](=O)[O-]. The smallest absolute Gasteiger partial charge is 0.424 e. The summed E-state index contributed by atoms with van der Waals surface area (Å²) in [5.41, 5.74) is -4.91. The third kappa shape index (κ3) is 6.20. The van der Waals surface area contributed by atoms with Crippen LogP contribution in [0.3, 0.4) is 0 Å². The Bertz CT molecular complexity index is 830. The second-order valence-electron chi connectivity index (χ2n) is 8.31. The first-order chi connectivity index (χ1) is 14.0. The molecule has 0 saturated heterocycles. The second-order valence-corrected chi connectivity index (χ2v) is 8.31. The van der Waals surface area contributed by atoms with E-state index in [9.17, 15) is 29.6 Å². The van der Waals surface area contributed by atoms with Gasteiger partial charge in [-0.1, -0.05) is 0 Å². The molecule has 12 nitrogen and oxygen atoms in total. The maximum Gasteiger partial charge on any atom is 0.424 e. The molecule has 0 unspecified atom stereocenters. The molecule has 172 valence electrons. The lowest BCUT2D eigenvalue weighted by Gasteiger charge is -2.29. The zero-order valence-electron chi connectivity index (χ0n) is 18.7. The number of hydrogen-bond acceptors (Lipinski definition) is 9. The molecule has 0 heterocycles. The highest BCUT2D eigenvalue weighted by atomic mass is 16.6. The van der Waals surface area contributed by atoms with Crippen LogP contribution in [0, 0.1) is 10.1 Å². The van der Waals surface area contributed by atoms with Crippen molar-refractivity contribution < 1.29 is 38.6 Å². The van der Waals surface area contributed by atoms with E-state index in [1.807, 2.05) is 0 Å². The van der Waals surface area contributed by atoms with Crippen molar-refractivity contribution in [3.8, 4) is 5.75 Å². The molecule has 12 heteroatoms. The average molecular weight is 441 g/mol. The number of carbonyl (C=O) groups is 3. The first kappa shape index (κ1) is 25.5. The molecule has 2 amide bonds. The molecule has 0 aliphatic heterocycles. The summed E-state index contributed by atoms with van der Waals surface area (Å²) in [6.45, 7) is 9.06. The van der Waals surface area contributed by atoms with Crippen molar-refractivity contribution in [3.05, 3.63) is 21.7 Å². The fraction of sp³-hybridized carbons (Fsp3) is 0.526. The molecule has 1 aromatic carbocycles. The predicted molar refractivity (Wildman–Crippen MR) is 111 cm³/mol. The van der Waals surface area contributed by atoms with Gasteiger partial charge in [-0.15, -0.1) is 0 Å². The number of anilines is 2. The van der Waals surface area contributed by atoms with Crippen molar-refractivity contribution in [2.75, 3.05) is 24.4 Å². The Morgan fingerprint density at radius 3 is 1.81 bits per heavy atom. The van der Waals surface area contributed by atoms with Gasteiger partial charge >= 0.3 is 23.8 Å². The number of hydrogen-bond donors (Lipinski definition) is 2. The summed E-state index contributed by atoms with van der Waals surface area (Å²) in [7, 11) is 2.49. The highest BCUT2D eigenvalue weighted by molar-refractivity contribution is 6.17. The maximum absolute atomic E-state index is 13.0. The predicted octanol–water partition coefficient (Wildman–Crippen LogP) is 4.02. The number of rotatable bonds is 5. The van der Waals surface area contributed by atoms with Crippen molar-refractivity contribution >= 4 is 35.2 Å². The number of carboxylic acid groups (broad SMARTS) is 1. The number of nitro benzene ring substituents is 1. The van der Waals surface area contributed by atoms with Gasteiger partial charge in [0.2, 0.25) is 0 Å². The lowest BCUT2D eigenvalue weighted by molar-refractivity contribution is -0.383. The molecule has 1 aromatic rings. The van der Waals surface area contributed by atoms with Gasteiger partial charge in [0, 0.05) is 13.1 Å². The number of carboxylic acids is 1.